The molecule has 0 unspecified atom stereocenters. The molecular weight excluding hydrogens is 280 g/mol. The van der Waals surface area contributed by atoms with E-state index in [1.807, 2.05) is 26.2 Å². The van der Waals surface area contributed by atoms with Gasteiger partial charge in [0, 0.05) is 24.0 Å². The van der Waals surface area contributed by atoms with E-state index in [2.05, 4.69) is 5.32 Å². The molecule has 4 nitrogen and oxygen atoms in total. The van der Waals surface area contributed by atoms with Crippen molar-refractivity contribution in [2.45, 2.75) is 51.1 Å². The van der Waals surface area contributed by atoms with Gasteiger partial charge < -0.3 is 5.32 Å². The van der Waals surface area contributed by atoms with Crippen LogP contribution in [0.15, 0.2) is 10.3 Å². The SMILES string of the molecule is CCNCc1scc(C)c1S(=O)(=O)N(CC)C1CC1. The zero-order valence-electron chi connectivity index (χ0n) is 11.8. The quantitative estimate of drug-likeness (QED) is 0.841. The van der Waals surface area contributed by atoms with Gasteiger partial charge in [-0.15, -0.1) is 11.3 Å². The summed E-state index contributed by atoms with van der Waals surface area (Å²) in [5.41, 5.74) is 0.872. The van der Waals surface area contributed by atoms with E-state index >= 15 is 0 Å². The van der Waals surface area contributed by atoms with Gasteiger partial charge in [-0.3, -0.25) is 0 Å². The summed E-state index contributed by atoms with van der Waals surface area (Å²) in [5.74, 6) is 0. The van der Waals surface area contributed by atoms with E-state index in [9.17, 15) is 8.42 Å². The highest BCUT2D eigenvalue weighted by Gasteiger charge is 2.38. The molecule has 1 N–H and O–H groups in total. The fourth-order valence-electron chi connectivity index (χ4n) is 2.30. The minimum absolute atomic E-state index is 0.223. The van der Waals surface area contributed by atoms with Crippen LogP contribution in [0, 0.1) is 6.92 Å². The van der Waals surface area contributed by atoms with Crippen LogP contribution in [0.3, 0.4) is 0 Å². The monoisotopic (exact) mass is 302 g/mol. The van der Waals surface area contributed by atoms with Gasteiger partial charge in [0.25, 0.3) is 0 Å². The number of thiophene rings is 1. The first kappa shape index (κ1) is 15.0. The second kappa shape index (κ2) is 5.91. The van der Waals surface area contributed by atoms with Gasteiger partial charge in [-0.05, 0) is 37.3 Å². The van der Waals surface area contributed by atoms with Gasteiger partial charge in [0.2, 0.25) is 10.0 Å². The van der Waals surface area contributed by atoms with Crippen molar-refractivity contribution >= 4 is 21.4 Å². The Hall–Kier alpha value is -0.430. The average Bonchev–Trinajstić information content (AvgIpc) is 3.10. The Labute approximate surface area is 119 Å². The summed E-state index contributed by atoms with van der Waals surface area (Å²) in [6.45, 7) is 7.86. The van der Waals surface area contributed by atoms with E-state index < -0.39 is 10.0 Å². The van der Waals surface area contributed by atoms with Crippen molar-refractivity contribution in [1.29, 1.82) is 0 Å². The smallest absolute Gasteiger partial charge is 0.244 e. The number of aryl methyl sites for hydroxylation is 1. The van der Waals surface area contributed by atoms with Gasteiger partial charge in [-0.1, -0.05) is 13.8 Å². The van der Waals surface area contributed by atoms with Crippen LogP contribution >= 0.6 is 11.3 Å². The van der Waals surface area contributed by atoms with Crippen LogP contribution in [-0.2, 0) is 16.6 Å². The summed E-state index contributed by atoms with van der Waals surface area (Å²) < 4.78 is 27.3. The summed E-state index contributed by atoms with van der Waals surface area (Å²) in [6.07, 6.45) is 2.00. The predicted molar refractivity (Wildman–Crippen MR) is 79.0 cm³/mol. The molecule has 108 valence electrons. The average molecular weight is 302 g/mol. The Morgan fingerprint density at radius 1 is 1.42 bits per heavy atom. The molecule has 0 aliphatic heterocycles. The fourth-order valence-corrected chi connectivity index (χ4v) is 5.73. The van der Waals surface area contributed by atoms with Crippen LogP contribution in [0.25, 0.3) is 0 Å². The van der Waals surface area contributed by atoms with E-state index in [4.69, 9.17) is 0 Å². The molecule has 6 heteroatoms. The minimum atomic E-state index is -3.33. The highest BCUT2D eigenvalue weighted by molar-refractivity contribution is 7.89. The lowest BCUT2D eigenvalue weighted by molar-refractivity contribution is 0.420. The van der Waals surface area contributed by atoms with Crippen molar-refractivity contribution < 1.29 is 8.42 Å². The van der Waals surface area contributed by atoms with E-state index in [0.29, 0.717) is 18.0 Å². The van der Waals surface area contributed by atoms with E-state index in [1.165, 1.54) is 11.3 Å². The molecule has 1 fully saturated rings. The standard InChI is InChI=1S/C13H22N2O2S2/c1-4-14-8-12-13(10(3)9-18-12)19(16,17)15(5-2)11-6-7-11/h9,11,14H,4-8H2,1-3H3. The first-order chi connectivity index (χ1) is 9.02. The lowest BCUT2D eigenvalue weighted by atomic mass is 10.3. The normalized spacial score (nSPS) is 16.2. The summed E-state index contributed by atoms with van der Waals surface area (Å²) in [6, 6.07) is 0.223. The molecule has 1 heterocycles. The highest BCUT2D eigenvalue weighted by atomic mass is 32.2. The highest BCUT2D eigenvalue weighted by Crippen LogP contribution is 2.35. The van der Waals surface area contributed by atoms with Gasteiger partial charge in [0.15, 0.2) is 0 Å². The number of nitrogens with one attached hydrogen (secondary N) is 1. The molecule has 1 aromatic heterocycles. The molecule has 1 aliphatic carbocycles. The van der Waals surface area contributed by atoms with Gasteiger partial charge >= 0.3 is 0 Å². The van der Waals surface area contributed by atoms with Crippen molar-refractivity contribution in [1.82, 2.24) is 9.62 Å². The van der Waals surface area contributed by atoms with Crippen molar-refractivity contribution in [3.05, 3.63) is 15.8 Å². The molecule has 2 rings (SSSR count). The third-order valence-corrected chi connectivity index (χ3v) is 6.85. The molecule has 19 heavy (non-hydrogen) atoms. The van der Waals surface area contributed by atoms with E-state index in [-0.39, 0.29) is 6.04 Å². The zero-order valence-corrected chi connectivity index (χ0v) is 13.4. The summed E-state index contributed by atoms with van der Waals surface area (Å²) in [7, 11) is -3.33. The van der Waals surface area contributed by atoms with E-state index in [0.717, 1.165) is 29.8 Å². The lowest BCUT2D eigenvalue weighted by Crippen LogP contribution is -2.33. The molecule has 0 amide bonds. The number of nitrogens with zero attached hydrogens (tertiary/aromatic N) is 1. The number of hydrogen-bond donors (Lipinski definition) is 1. The Balaban J connectivity index is 2.35. The van der Waals surface area contributed by atoms with Crippen LogP contribution in [-0.4, -0.2) is 31.9 Å². The molecule has 1 aromatic rings. The largest absolute Gasteiger partial charge is 0.312 e. The Morgan fingerprint density at radius 3 is 2.63 bits per heavy atom. The molecule has 0 atom stereocenters. The van der Waals surface area contributed by atoms with Crippen molar-refractivity contribution in [2.75, 3.05) is 13.1 Å². The maximum absolute atomic E-state index is 12.8. The minimum Gasteiger partial charge on any atom is -0.312 e. The van der Waals surface area contributed by atoms with Crippen LogP contribution < -0.4 is 5.32 Å². The topological polar surface area (TPSA) is 49.4 Å². The Morgan fingerprint density at radius 2 is 2.11 bits per heavy atom. The Bertz CT molecular complexity index is 533. The molecule has 0 spiro atoms. The Kier molecular flexibility index (Phi) is 4.66. The van der Waals surface area contributed by atoms with Crippen molar-refractivity contribution in [3.63, 3.8) is 0 Å². The molecule has 1 aliphatic rings. The molecular formula is C13H22N2O2S2. The first-order valence-electron chi connectivity index (χ1n) is 6.81. The number of sulfonamides is 1. The third kappa shape index (κ3) is 3.02. The van der Waals surface area contributed by atoms with Crippen LogP contribution in [0.5, 0.6) is 0 Å². The van der Waals surface area contributed by atoms with Crippen LogP contribution in [0.2, 0.25) is 0 Å². The molecule has 0 radical (unpaired) electrons. The predicted octanol–water partition coefficient (Wildman–Crippen LogP) is 2.34. The summed E-state index contributed by atoms with van der Waals surface area (Å²) in [5, 5.41) is 5.16. The summed E-state index contributed by atoms with van der Waals surface area (Å²) >= 11 is 1.53. The first-order valence-corrected chi connectivity index (χ1v) is 9.13. The number of hydrogen-bond acceptors (Lipinski definition) is 4. The van der Waals surface area contributed by atoms with Gasteiger partial charge in [-0.2, -0.15) is 4.31 Å². The second-order valence-corrected chi connectivity index (χ2v) is 7.68. The van der Waals surface area contributed by atoms with Crippen molar-refractivity contribution in [2.24, 2.45) is 0 Å². The molecule has 0 aromatic carbocycles. The third-order valence-electron chi connectivity index (χ3n) is 3.36. The molecule has 1 saturated carbocycles. The number of rotatable bonds is 7. The van der Waals surface area contributed by atoms with Crippen molar-refractivity contribution in [3.8, 4) is 0 Å². The van der Waals surface area contributed by atoms with E-state index in [1.54, 1.807) is 4.31 Å². The molecule has 0 saturated heterocycles. The van der Waals surface area contributed by atoms with Gasteiger partial charge in [0.05, 0.1) is 0 Å². The fraction of sp³-hybridized carbons (Fsp3) is 0.692. The van der Waals surface area contributed by atoms with Gasteiger partial charge in [0.1, 0.15) is 4.90 Å². The maximum atomic E-state index is 12.8. The van der Waals surface area contributed by atoms with Crippen LogP contribution in [0.4, 0.5) is 0 Å². The lowest BCUT2D eigenvalue weighted by Gasteiger charge is -2.21. The van der Waals surface area contributed by atoms with Crippen LogP contribution in [0.1, 0.15) is 37.1 Å². The summed E-state index contributed by atoms with van der Waals surface area (Å²) in [4.78, 5) is 1.46. The second-order valence-electron chi connectivity index (χ2n) is 4.89. The maximum Gasteiger partial charge on any atom is 0.244 e. The zero-order chi connectivity index (χ0) is 14.0. The van der Waals surface area contributed by atoms with Gasteiger partial charge in [-0.25, -0.2) is 8.42 Å². The molecule has 0 bridgehead atoms.